The Morgan fingerprint density at radius 3 is 2.64 bits per heavy atom. The Labute approximate surface area is 132 Å². The molecule has 0 amide bonds. The lowest BCUT2D eigenvalue weighted by Crippen LogP contribution is -2.31. The zero-order chi connectivity index (χ0) is 16.5. The minimum atomic E-state index is -0.695. The number of benzene rings is 1. The van der Waals surface area contributed by atoms with E-state index in [1.54, 1.807) is 31.2 Å². The second-order valence-electron chi connectivity index (χ2n) is 5.36. The van der Waals surface area contributed by atoms with E-state index < -0.39 is 18.2 Å². The monoisotopic (exact) mass is 304 g/mol. The summed E-state index contributed by atoms with van der Waals surface area (Å²) in [7, 11) is 0. The first-order chi connectivity index (χ1) is 10.4. The van der Waals surface area contributed by atoms with Gasteiger partial charge in [0.2, 0.25) is 0 Å². The van der Waals surface area contributed by atoms with Gasteiger partial charge in [-0.2, -0.15) is 0 Å². The van der Waals surface area contributed by atoms with Crippen LogP contribution in [0.25, 0.3) is 0 Å². The van der Waals surface area contributed by atoms with Crippen LogP contribution in [0.15, 0.2) is 24.3 Å². The second-order valence-corrected chi connectivity index (χ2v) is 5.36. The van der Waals surface area contributed by atoms with Crippen molar-refractivity contribution in [1.29, 1.82) is 0 Å². The van der Waals surface area contributed by atoms with E-state index in [-0.39, 0.29) is 6.10 Å². The zero-order valence-electron chi connectivity index (χ0n) is 13.6. The van der Waals surface area contributed by atoms with E-state index in [4.69, 9.17) is 14.6 Å². The first-order valence-corrected chi connectivity index (χ1v) is 7.59. The summed E-state index contributed by atoms with van der Waals surface area (Å²) < 4.78 is 11.0. The summed E-state index contributed by atoms with van der Waals surface area (Å²) in [6.45, 7) is 7.37. The maximum absolute atomic E-state index is 12.2. The minimum Gasteiger partial charge on any atom is -0.425 e. The molecule has 4 nitrogen and oxygen atoms in total. The largest absolute Gasteiger partial charge is 0.425 e. The third-order valence-corrected chi connectivity index (χ3v) is 2.73. The highest BCUT2D eigenvalue weighted by atomic mass is 16.6. The lowest BCUT2D eigenvalue weighted by Gasteiger charge is -2.18. The molecule has 0 saturated heterocycles. The van der Waals surface area contributed by atoms with Crippen LogP contribution in [-0.4, -0.2) is 29.4 Å². The van der Waals surface area contributed by atoms with Crippen LogP contribution in [0, 0.1) is 11.8 Å². The number of aliphatic hydroxyl groups is 1. The molecular weight excluding hydrogens is 280 g/mol. The Morgan fingerprint density at radius 1 is 1.32 bits per heavy atom. The van der Waals surface area contributed by atoms with Crippen molar-refractivity contribution in [3.63, 3.8) is 0 Å². The van der Waals surface area contributed by atoms with E-state index in [9.17, 15) is 4.79 Å². The summed E-state index contributed by atoms with van der Waals surface area (Å²) in [6.07, 6.45) is 0.175. The maximum Gasteiger partial charge on any atom is 0.340 e. The van der Waals surface area contributed by atoms with E-state index in [0.717, 1.165) is 6.42 Å². The van der Waals surface area contributed by atoms with Gasteiger partial charge in [-0.3, -0.25) is 0 Å². The summed E-state index contributed by atoms with van der Waals surface area (Å²) in [4.78, 5) is 12.2. The second kappa shape index (κ2) is 9.24. The van der Waals surface area contributed by atoms with Gasteiger partial charge in [0.05, 0.1) is 6.10 Å². The molecule has 120 valence electrons. The molecule has 2 atom stereocenters. The Bertz CT molecular complexity index is 538. The summed E-state index contributed by atoms with van der Waals surface area (Å²) in [5.41, 5.74) is 0.683. The molecule has 1 aromatic rings. The smallest absolute Gasteiger partial charge is 0.340 e. The molecule has 2 unspecified atom stereocenters. The Kier molecular flexibility index (Phi) is 7.65. The number of hydrogen-bond donors (Lipinski definition) is 1. The molecule has 1 rings (SSSR count). The van der Waals surface area contributed by atoms with Crippen molar-refractivity contribution in [2.24, 2.45) is 0 Å². The SMILES string of the molecule is CCCC(OC(C)C)C(=O)Oc1cccc(C#CC(C)O)c1. The average molecular weight is 304 g/mol. The van der Waals surface area contributed by atoms with Crippen LogP contribution in [-0.2, 0) is 9.53 Å². The van der Waals surface area contributed by atoms with E-state index in [1.165, 1.54) is 0 Å². The minimum absolute atomic E-state index is 0.0349. The number of esters is 1. The van der Waals surface area contributed by atoms with E-state index >= 15 is 0 Å². The third-order valence-electron chi connectivity index (χ3n) is 2.73. The van der Waals surface area contributed by atoms with Gasteiger partial charge in [-0.05, 0) is 45.4 Å². The quantitative estimate of drug-likeness (QED) is 0.499. The molecule has 0 bridgehead atoms. The van der Waals surface area contributed by atoms with Gasteiger partial charge in [0.15, 0.2) is 6.10 Å². The average Bonchev–Trinajstić information content (AvgIpc) is 2.44. The fourth-order valence-corrected chi connectivity index (χ4v) is 1.84. The Hall–Kier alpha value is -1.83. The molecule has 0 spiro atoms. The van der Waals surface area contributed by atoms with Crippen molar-refractivity contribution >= 4 is 5.97 Å². The highest BCUT2D eigenvalue weighted by molar-refractivity contribution is 5.77. The van der Waals surface area contributed by atoms with Crippen molar-refractivity contribution in [2.75, 3.05) is 0 Å². The van der Waals surface area contributed by atoms with E-state index in [1.807, 2.05) is 20.8 Å². The maximum atomic E-state index is 12.2. The number of hydrogen-bond acceptors (Lipinski definition) is 4. The summed E-state index contributed by atoms with van der Waals surface area (Å²) in [5, 5.41) is 9.17. The molecule has 22 heavy (non-hydrogen) atoms. The van der Waals surface area contributed by atoms with Gasteiger partial charge in [0.25, 0.3) is 0 Å². The van der Waals surface area contributed by atoms with Crippen molar-refractivity contribution in [3.05, 3.63) is 29.8 Å². The number of ether oxygens (including phenoxy) is 2. The van der Waals surface area contributed by atoms with Crippen LogP contribution in [0.4, 0.5) is 0 Å². The van der Waals surface area contributed by atoms with Crippen molar-refractivity contribution in [3.8, 4) is 17.6 Å². The lowest BCUT2D eigenvalue weighted by atomic mass is 10.2. The first-order valence-electron chi connectivity index (χ1n) is 7.59. The molecule has 0 aromatic heterocycles. The molecule has 0 heterocycles. The van der Waals surface area contributed by atoms with Crippen LogP contribution in [0.3, 0.4) is 0 Å². The molecule has 0 aliphatic heterocycles. The van der Waals surface area contributed by atoms with Crippen molar-refractivity contribution in [1.82, 2.24) is 0 Å². The highest BCUT2D eigenvalue weighted by Gasteiger charge is 2.21. The molecule has 0 fully saturated rings. The van der Waals surface area contributed by atoms with Gasteiger partial charge in [-0.1, -0.05) is 31.3 Å². The molecule has 0 aliphatic carbocycles. The standard InChI is InChI=1S/C18H24O4/c1-5-7-17(21-13(2)3)18(20)22-16-9-6-8-15(12-16)11-10-14(4)19/h6,8-9,12-14,17,19H,5,7H2,1-4H3. The van der Waals surface area contributed by atoms with Crippen LogP contribution in [0.1, 0.15) is 46.1 Å². The summed E-state index contributed by atoms with van der Waals surface area (Å²) in [6, 6.07) is 6.92. The van der Waals surface area contributed by atoms with Gasteiger partial charge in [-0.15, -0.1) is 0 Å². The van der Waals surface area contributed by atoms with E-state index in [2.05, 4.69) is 11.8 Å². The van der Waals surface area contributed by atoms with E-state index in [0.29, 0.717) is 17.7 Å². The zero-order valence-corrected chi connectivity index (χ0v) is 13.6. The molecule has 0 radical (unpaired) electrons. The molecule has 4 heteroatoms. The van der Waals surface area contributed by atoms with Gasteiger partial charge in [0, 0.05) is 5.56 Å². The van der Waals surface area contributed by atoms with Crippen LogP contribution in [0.5, 0.6) is 5.75 Å². The molecular formula is C18H24O4. The van der Waals surface area contributed by atoms with Crippen LogP contribution >= 0.6 is 0 Å². The molecule has 1 aromatic carbocycles. The molecule has 0 saturated carbocycles. The Balaban J connectivity index is 2.78. The predicted molar refractivity (Wildman–Crippen MR) is 85.6 cm³/mol. The van der Waals surface area contributed by atoms with Gasteiger partial charge in [0.1, 0.15) is 11.9 Å². The highest BCUT2D eigenvalue weighted by Crippen LogP contribution is 2.16. The fourth-order valence-electron chi connectivity index (χ4n) is 1.84. The van der Waals surface area contributed by atoms with Gasteiger partial charge < -0.3 is 14.6 Å². The third kappa shape index (κ3) is 6.75. The topological polar surface area (TPSA) is 55.8 Å². The van der Waals surface area contributed by atoms with Gasteiger partial charge in [-0.25, -0.2) is 4.79 Å². The molecule has 1 N–H and O–H groups in total. The summed E-state index contributed by atoms with van der Waals surface area (Å²) >= 11 is 0. The Morgan fingerprint density at radius 2 is 2.05 bits per heavy atom. The molecule has 0 aliphatic rings. The number of carbonyl (C=O) groups is 1. The normalized spacial score (nSPS) is 13.2. The van der Waals surface area contributed by atoms with Crippen molar-refractivity contribution < 1.29 is 19.4 Å². The summed E-state index contributed by atoms with van der Waals surface area (Å²) in [5.74, 6) is 5.51. The number of aliphatic hydroxyl groups excluding tert-OH is 1. The first kappa shape index (κ1) is 18.2. The van der Waals surface area contributed by atoms with Crippen molar-refractivity contribution in [2.45, 2.75) is 58.8 Å². The fraction of sp³-hybridized carbons (Fsp3) is 0.500. The lowest BCUT2D eigenvalue weighted by molar-refractivity contribution is -0.150. The van der Waals surface area contributed by atoms with Crippen LogP contribution in [0.2, 0.25) is 0 Å². The van der Waals surface area contributed by atoms with Crippen LogP contribution < -0.4 is 4.74 Å². The predicted octanol–water partition coefficient (Wildman–Crippen LogP) is 2.92. The number of carbonyl (C=O) groups excluding carboxylic acids is 1. The number of rotatable bonds is 6. The van der Waals surface area contributed by atoms with Gasteiger partial charge >= 0.3 is 5.97 Å².